The third-order valence-corrected chi connectivity index (χ3v) is 3.63. The molecule has 2 atom stereocenters. The standard InChI is InChI=1S/C16H22N2O2/c1-4-9-18-13-10-11(12(17)5-2)7-8-15(13)20-14(6-3)16(18)19/h4,7-8,10,12,14H,1,5-6,9,17H2,2-3H3. The summed E-state index contributed by atoms with van der Waals surface area (Å²) >= 11 is 0. The zero-order valence-corrected chi connectivity index (χ0v) is 12.1. The molecule has 4 nitrogen and oxygen atoms in total. The Morgan fingerprint density at radius 1 is 1.50 bits per heavy atom. The first-order chi connectivity index (χ1) is 9.62. The summed E-state index contributed by atoms with van der Waals surface area (Å²) in [6, 6.07) is 5.81. The van der Waals surface area contributed by atoms with Crippen LogP contribution in [0.5, 0.6) is 5.75 Å². The summed E-state index contributed by atoms with van der Waals surface area (Å²) in [5, 5.41) is 0. The van der Waals surface area contributed by atoms with Gasteiger partial charge in [-0.2, -0.15) is 0 Å². The molecule has 0 saturated heterocycles. The van der Waals surface area contributed by atoms with Crippen LogP contribution in [-0.2, 0) is 4.79 Å². The van der Waals surface area contributed by atoms with Crippen molar-refractivity contribution >= 4 is 11.6 Å². The van der Waals surface area contributed by atoms with Gasteiger partial charge in [-0.15, -0.1) is 6.58 Å². The number of anilines is 1. The number of nitrogens with zero attached hydrogens (tertiary/aromatic N) is 1. The Morgan fingerprint density at radius 2 is 2.25 bits per heavy atom. The Labute approximate surface area is 120 Å². The second-order valence-corrected chi connectivity index (χ2v) is 4.99. The molecule has 0 radical (unpaired) electrons. The average molecular weight is 274 g/mol. The summed E-state index contributed by atoms with van der Waals surface area (Å²) in [5.74, 6) is 0.729. The number of hydrogen-bond acceptors (Lipinski definition) is 3. The van der Waals surface area contributed by atoms with Crippen LogP contribution in [-0.4, -0.2) is 18.6 Å². The van der Waals surface area contributed by atoms with Gasteiger partial charge in [0.15, 0.2) is 6.10 Å². The second kappa shape index (κ2) is 6.09. The van der Waals surface area contributed by atoms with Crippen molar-refractivity contribution in [1.82, 2.24) is 0 Å². The minimum Gasteiger partial charge on any atom is -0.478 e. The van der Waals surface area contributed by atoms with Gasteiger partial charge in [0, 0.05) is 12.6 Å². The van der Waals surface area contributed by atoms with Crippen molar-refractivity contribution in [2.24, 2.45) is 5.73 Å². The quantitative estimate of drug-likeness (QED) is 0.840. The number of rotatable bonds is 5. The molecule has 1 aliphatic heterocycles. The van der Waals surface area contributed by atoms with Crippen LogP contribution in [0.3, 0.4) is 0 Å². The molecule has 1 aromatic carbocycles. The zero-order chi connectivity index (χ0) is 14.7. The summed E-state index contributed by atoms with van der Waals surface area (Å²) in [5.41, 5.74) is 7.88. The molecule has 0 aromatic heterocycles. The molecule has 1 amide bonds. The van der Waals surface area contributed by atoms with Crippen molar-refractivity contribution in [3.05, 3.63) is 36.4 Å². The number of carbonyl (C=O) groups excluding carboxylic acids is 1. The zero-order valence-electron chi connectivity index (χ0n) is 12.1. The van der Waals surface area contributed by atoms with Crippen molar-refractivity contribution in [3.8, 4) is 5.75 Å². The van der Waals surface area contributed by atoms with E-state index in [0.717, 1.165) is 23.4 Å². The lowest BCUT2D eigenvalue weighted by Gasteiger charge is -2.34. The van der Waals surface area contributed by atoms with Gasteiger partial charge >= 0.3 is 0 Å². The lowest BCUT2D eigenvalue weighted by Crippen LogP contribution is -2.45. The molecule has 0 saturated carbocycles. The molecule has 2 N–H and O–H groups in total. The fourth-order valence-corrected chi connectivity index (χ4v) is 2.38. The number of carbonyl (C=O) groups is 1. The Morgan fingerprint density at radius 3 is 2.85 bits per heavy atom. The van der Waals surface area contributed by atoms with Crippen LogP contribution in [0.2, 0.25) is 0 Å². The number of fused-ring (bicyclic) bond motifs is 1. The van der Waals surface area contributed by atoms with Gasteiger partial charge in [0.25, 0.3) is 5.91 Å². The van der Waals surface area contributed by atoms with E-state index in [1.54, 1.807) is 11.0 Å². The normalized spacial score (nSPS) is 19.2. The second-order valence-electron chi connectivity index (χ2n) is 4.99. The van der Waals surface area contributed by atoms with Gasteiger partial charge in [-0.05, 0) is 30.5 Å². The summed E-state index contributed by atoms with van der Waals surface area (Å²) < 4.78 is 5.77. The van der Waals surface area contributed by atoms with Crippen LogP contribution in [0.1, 0.15) is 38.3 Å². The molecule has 1 heterocycles. The Hall–Kier alpha value is -1.81. The maximum absolute atomic E-state index is 12.4. The number of nitrogens with two attached hydrogens (primary N) is 1. The highest BCUT2D eigenvalue weighted by Crippen LogP contribution is 2.36. The van der Waals surface area contributed by atoms with Gasteiger partial charge in [0.05, 0.1) is 5.69 Å². The minimum atomic E-state index is -0.409. The third-order valence-electron chi connectivity index (χ3n) is 3.63. The third kappa shape index (κ3) is 2.56. The lowest BCUT2D eigenvalue weighted by atomic mass is 10.0. The SMILES string of the molecule is C=CCN1C(=O)C(CC)Oc2ccc(C(N)CC)cc21. The number of ether oxygens (including phenoxy) is 1. The average Bonchev–Trinajstić information content (AvgIpc) is 2.48. The molecule has 108 valence electrons. The van der Waals surface area contributed by atoms with Crippen molar-refractivity contribution in [2.75, 3.05) is 11.4 Å². The van der Waals surface area contributed by atoms with Gasteiger partial charge in [0.2, 0.25) is 0 Å². The molecule has 0 fully saturated rings. The smallest absolute Gasteiger partial charge is 0.268 e. The van der Waals surface area contributed by atoms with E-state index in [2.05, 4.69) is 6.58 Å². The fourth-order valence-electron chi connectivity index (χ4n) is 2.38. The highest BCUT2D eigenvalue weighted by molar-refractivity contribution is 6.00. The molecule has 0 aliphatic carbocycles. The van der Waals surface area contributed by atoms with Crippen molar-refractivity contribution in [2.45, 2.75) is 38.8 Å². The maximum atomic E-state index is 12.4. The van der Waals surface area contributed by atoms with E-state index in [0.29, 0.717) is 13.0 Å². The van der Waals surface area contributed by atoms with E-state index >= 15 is 0 Å². The first kappa shape index (κ1) is 14.6. The molecular weight excluding hydrogens is 252 g/mol. The Balaban J connectivity index is 2.44. The summed E-state index contributed by atoms with van der Waals surface area (Å²) in [6.07, 6.45) is 2.83. The molecular formula is C16H22N2O2. The van der Waals surface area contributed by atoms with E-state index in [-0.39, 0.29) is 11.9 Å². The minimum absolute atomic E-state index is 0.0119. The predicted octanol–water partition coefficient (Wildman–Crippen LogP) is 2.79. The van der Waals surface area contributed by atoms with Crippen LogP contribution < -0.4 is 15.4 Å². The van der Waals surface area contributed by atoms with Crippen molar-refractivity contribution < 1.29 is 9.53 Å². The van der Waals surface area contributed by atoms with Gasteiger partial charge in [-0.25, -0.2) is 0 Å². The molecule has 1 aliphatic rings. The maximum Gasteiger partial charge on any atom is 0.268 e. The van der Waals surface area contributed by atoms with Crippen LogP contribution in [0.15, 0.2) is 30.9 Å². The first-order valence-electron chi connectivity index (χ1n) is 7.10. The monoisotopic (exact) mass is 274 g/mol. The van der Waals surface area contributed by atoms with Gasteiger partial charge in [-0.1, -0.05) is 26.0 Å². The van der Waals surface area contributed by atoms with E-state index in [4.69, 9.17) is 10.5 Å². The highest BCUT2D eigenvalue weighted by Gasteiger charge is 2.32. The predicted molar refractivity (Wildman–Crippen MR) is 80.9 cm³/mol. The molecule has 1 aromatic rings. The lowest BCUT2D eigenvalue weighted by molar-refractivity contribution is -0.126. The topological polar surface area (TPSA) is 55.6 Å². The molecule has 0 spiro atoms. The van der Waals surface area contributed by atoms with Crippen LogP contribution in [0, 0.1) is 0 Å². The largest absolute Gasteiger partial charge is 0.478 e. The molecule has 20 heavy (non-hydrogen) atoms. The number of benzene rings is 1. The van der Waals surface area contributed by atoms with Gasteiger partial charge < -0.3 is 15.4 Å². The van der Waals surface area contributed by atoms with Crippen molar-refractivity contribution in [1.29, 1.82) is 0 Å². The van der Waals surface area contributed by atoms with E-state index in [1.807, 2.05) is 32.0 Å². The van der Waals surface area contributed by atoms with Crippen LogP contribution >= 0.6 is 0 Å². The molecule has 4 heteroatoms. The summed E-state index contributed by atoms with van der Waals surface area (Å²) in [4.78, 5) is 14.1. The molecule has 2 unspecified atom stereocenters. The van der Waals surface area contributed by atoms with E-state index in [9.17, 15) is 4.79 Å². The Kier molecular flexibility index (Phi) is 4.45. The number of hydrogen-bond donors (Lipinski definition) is 1. The summed E-state index contributed by atoms with van der Waals surface area (Å²) in [7, 11) is 0. The van der Waals surface area contributed by atoms with Crippen molar-refractivity contribution in [3.63, 3.8) is 0 Å². The van der Waals surface area contributed by atoms with E-state index < -0.39 is 6.10 Å². The highest BCUT2D eigenvalue weighted by atomic mass is 16.5. The molecule has 2 rings (SSSR count). The van der Waals surface area contributed by atoms with Crippen LogP contribution in [0.25, 0.3) is 0 Å². The molecule has 0 bridgehead atoms. The van der Waals surface area contributed by atoms with E-state index in [1.165, 1.54) is 0 Å². The summed E-state index contributed by atoms with van der Waals surface area (Å²) in [6.45, 7) is 8.20. The first-order valence-corrected chi connectivity index (χ1v) is 7.10. The van der Waals surface area contributed by atoms with Gasteiger partial charge in [0.1, 0.15) is 5.75 Å². The van der Waals surface area contributed by atoms with Crippen LogP contribution in [0.4, 0.5) is 5.69 Å². The fraction of sp³-hybridized carbons (Fsp3) is 0.438. The number of amides is 1. The van der Waals surface area contributed by atoms with Gasteiger partial charge in [-0.3, -0.25) is 4.79 Å². The Bertz CT molecular complexity index is 513.